The third-order valence-electron chi connectivity index (χ3n) is 3.28. The zero-order valence-corrected chi connectivity index (χ0v) is 10.2. The second-order valence-corrected chi connectivity index (χ2v) is 5.96. The second-order valence-electron chi connectivity index (χ2n) is 4.70. The molecule has 0 aromatic carbocycles. The number of allylic oxidation sites excluding steroid dienone is 1. The molecule has 3 heteroatoms. The van der Waals surface area contributed by atoms with Crippen LogP contribution in [0.4, 0.5) is 0 Å². The van der Waals surface area contributed by atoms with Gasteiger partial charge in [-0.3, -0.25) is 4.90 Å². The fourth-order valence-electron chi connectivity index (χ4n) is 2.22. The average molecular weight is 212 g/mol. The number of likely N-dealkylation sites (tertiary alicyclic amines) is 1. The van der Waals surface area contributed by atoms with Gasteiger partial charge in [0.1, 0.15) is 4.99 Å². The van der Waals surface area contributed by atoms with Crippen LogP contribution in [0.2, 0.25) is 0 Å². The molecule has 0 saturated carbocycles. The molecule has 0 amide bonds. The Kier molecular flexibility index (Phi) is 2.80. The van der Waals surface area contributed by atoms with Crippen molar-refractivity contribution in [2.75, 3.05) is 13.1 Å². The summed E-state index contributed by atoms with van der Waals surface area (Å²) in [5.41, 5.74) is 1.30. The molecule has 0 aliphatic carbocycles. The van der Waals surface area contributed by atoms with E-state index in [4.69, 9.17) is 0 Å². The Morgan fingerprint density at radius 2 is 2.14 bits per heavy atom. The molecule has 1 N–H and O–H groups in total. The molecule has 0 bridgehead atoms. The van der Waals surface area contributed by atoms with Gasteiger partial charge in [-0.25, -0.2) is 0 Å². The quantitative estimate of drug-likeness (QED) is 0.719. The van der Waals surface area contributed by atoms with Crippen molar-refractivity contribution in [3.8, 4) is 0 Å². The number of nitrogens with one attached hydrogen (secondary N) is 1. The van der Waals surface area contributed by atoms with Gasteiger partial charge in [-0.15, -0.1) is 0 Å². The lowest BCUT2D eigenvalue weighted by Gasteiger charge is -2.42. The summed E-state index contributed by atoms with van der Waals surface area (Å²) in [6.07, 6.45) is 2.69. The standard InChI is InChI=1S/C11H20N2S/c1-9-4-6-13(7-5-9)11(3)12-10(2)8-14-11/h8-9,12H,4-7H2,1-3H3/t11-/m1/s1. The molecule has 0 aromatic rings. The fraction of sp³-hybridized carbons (Fsp3) is 0.818. The maximum absolute atomic E-state index is 3.56. The van der Waals surface area contributed by atoms with Crippen LogP contribution < -0.4 is 5.32 Å². The summed E-state index contributed by atoms with van der Waals surface area (Å²) < 4.78 is 0. The summed E-state index contributed by atoms with van der Waals surface area (Å²) in [5, 5.41) is 5.80. The third kappa shape index (κ3) is 1.94. The van der Waals surface area contributed by atoms with Gasteiger partial charge in [0.15, 0.2) is 0 Å². The van der Waals surface area contributed by atoms with Crippen molar-refractivity contribution in [1.82, 2.24) is 10.2 Å². The van der Waals surface area contributed by atoms with Gasteiger partial charge in [0.05, 0.1) is 0 Å². The Morgan fingerprint density at radius 3 is 2.64 bits per heavy atom. The Morgan fingerprint density at radius 1 is 1.50 bits per heavy atom. The van der Waals surface area contributed by atoms with Crippen LogP contribution in [0.1, 0.15) is 33.6 Å². The number of nitrogens with zero attached hydrogens (tertiary/aromatic N) is 1. The van der Waals surface area contributed by atoms with E-state index < -0.39 is 0 Å². The van der Waals surface area contributed by atoms with E-state index in [2.05, 4.69) is 36.4 Å². The van der Waals surface area contributed by atoms with Gasteiger partial charge in [-0.1, -0.05) is 18.7 Å². The smallest absolute Gasteiger partial charge is 0.140 e. The van der Waals surface area contributed by atoms with Crippen molar-refractivity contribution >= 4 is 11.8 Å². The zero-order valence-electron chi connectivity index (χ0n) is 9.34. The van der Waals surface area contributed by atoms with E-state index in [1.807, 2.05) is 11.8 Å². The van der Waals surface area contributed by atoms with Gasteiger partial charge in [0.2, 0.25) is 0 Å². The highest BCUT2D eigenvalue weighted by Gasteiger charge is 2.36. The van der Waals surface area contributed by atoms with E-state index in [1.165, 1.54) is 31.6 Å². The Labute approximate surface area is 91.1 Å². The van der Waals surface area contributed by atoms with Crippen molar-refractivity contribution in [2.45, 2.75) is 38.6 Å². The molecule has 1 atom stereocenters. The van der Waals surface area contributed by atoms with E-state index in [1.54, 1.807) is 0 Å². The highest BCUT2D eigenvalue weighted by molar-refractivity contribution is 8.03. The summed E-state index contributed by atoms with van der Waals surface area (Å²) >= 11 is 1.91. The molecular weight excluding hydrogens is 192 g/mol. The monoisotopic (exact) mass is 212 g/mol. The molecule has 1 fully saturated rings. The van der Waals surface area contributed by atoms with Gasteiger partial charge >= 0.3 is 0 Å². The summed E-state index contributed by atoms with van der Waals surface area (Å²) in [6.45, 7) is 9.27. The first-order valence-corrected chi connectivity index (χ1v) is 6.36. The lowest BCUT2D eigenvalue weighted by Crippen LogP contribution is -2.53. The average Bonchev–Trinajstić information content (AvgIpc) is 2.48. The topological polar surface area (TPSA) is 15.3 Å². The lowest BCUT2D eigenvalue weighted by atomic mass is 9.99. The highest BCUT2D eigenvalue weighted by Crippen LogP contribution is 2.36. The van der Waals surface area contributed by atoms with Gasteiger partial charge in [-0.05, 0) is 38.0 Å². The molecular formula is C11H20N2S. The molecule has 2 heterocycles. The van der Waals surface area contributed by atoms with Gasteiger partial charge in [-0.2, -0.15) is 0 Å². The SMILES string of the molecule is CC1=CS[C@@](C)(N2CCC(C)CC2)N1. The van der Waals surface area contributed by atoms with Gasteiger partial charge in [0, 0.05) is 18.8 Å². The van der Waals surface area contributed by atoms with Crippen molar-refractivity contribution in [2.24, 2.45) is 5.92 Å². The van der Waals surface area contributed by atoms with E-state index in [9.17, 15) is 0 Å². The first-order valence-electron chi connectivity index (χ1n) is 5.48. The summed E-state index contributed by atoms with van der Waals surface area (Å²) in [7, 11) is 0. The summed E-state index contributed by atoms with van der Waals surface area (Å²) in [6, 6.07) is 0. The van der Waals surface area contributed by atoms with Crippen LogP contribution >= 0.6 is 11.8 Å². The van der Waals surface area contributed by atoms with Crippen LogP contribution in [0.15, 0.2) is 11.1 Å². The molecule has 0 unspecified atom stereocenters. The minimum absolute atomic E-state index is 0.129. The number of rotatable bonds is 1. The Hall–Kier alpha value is -0.150. The van der Waals surface area contributed by atoms with Crippen molar-refractivity contribution in [3.63, 3.8) is 0 Å². The molecule has 2 rings (SSSR count). The van der Waals surface area contributed by atoms with Crippen LogP contribution in [-0.2, 0) is 0 Å². The maximum atomic E-state index is 3.56. The number of thioether (sulfide) groups is 1. The van der Waals surface area contributed by atoms with E-state index in [-0.39, 0.29) is 4.99 Å². The third-order valence-corrected chi connectivity index (χ3v) is 4.57. The fourth-order valence-corrected chi connectivity index (χ4v) is 3.23. The van der Waals surface area contributed by atoms with Crippen LogP contribution in [0.5, 0.6) is 0 Å². The minimum atomic E-state index is 0.129. The number of hydrogen-bond donors (Lipinski definition) is 1. The molecule has 2 nitrogen and oxygen atoms in total. The van der Waals surface area contributed by atoms with Crippen LogP contribution in [0, 0.1) is 5.92 Å². The number of hydrogen-bond acceptors (Lipinski definition) is 3. The van der Waals surface area contributed by atoms with Crippen molar-refractivity contribution in [3.05, 3.63) is 11.1 Å². The van der Waals surface area contributed by atoms with E-state index >= 15 is 0 Å². The van der Waals surface area contributed by atoms with Gasteiger partial charge in [0.25, 0.3) is 0 Å². The molecule has 1 saturated heterocycles. The second kappa shape index (κ2) is 3.78. The first kappa shape index (κ1) is 10.4. The zero-order chi connectivity index (χ0) is 10.2. The Balaban J connectivity index is 1.96. The molecule has 0 aromatic heterocycles. The molecule has 14 heavy (non-hydrogen) atoms. The summed E-state index contributed by atoms with van der Waals surface area (Å²) in [4.78, 5) is 2.70. The summed E-state index contributed by atoms with van der Waals surface area (Å²) in [5.74, 6) is 0.912. The maximum Gasteiger partial charge on any atom is 0.140 e. The molecule has 2 aliphatic rings. The first-order chi connectivity index (χ1) is 6.60. The van der Waals surface area contributed by atoms with Crippen LogP contribution in [0.25, 0.3) is 0 Å². The van der Waals surface area contributed by atoms with Crippen molar-refractivity contribution < 1.29 is 0 Å². The number of piperidine rings is 1. The van der Waals surface area contributed by atoms with Crippen LogP contribution in [-0.4, -0.2) is 23.0 Å². The Bertz CT molecular complexity index is 244. The normalized spacial score (nSPS) is 35.5. The van der Waals surface area contributed by atoms with Gasteiger partial charge < -0.3 is 5.32 Å². The predicted molar refractivity (Wildman–Crippen MR) is 62.9 cm³/mol. The van der Waals surface area contributed by atoms with Crippen molar-refractivity contribution in [1.29, 1.82) is 0 Å². The molecule has 0 radical (unpaired) electrons. The molecule has 80 valence electrons. The highest BCUT2D eigenvalue weighted by atomic mass is 32.2. The van der Waals surface area contributed by atoms with E-state index in [0.29, 0.717) is 0 Å². The van der Waals surface area contributed by atoms with Crippen LogP contribution in [0.3, 0.4) is 0 Å². The molecule has 2 aliphatic heterocycles. The predicted octanol–water partition coefficient (Wildman–Crippen LogP) is 2.59. The van der Waals surface area contributed by atoms with E-state index in [0.717, 1.165) is 5.92 Å². The lowest BCUT2D eigenvalue weighted by molar-refractivity contribution is 0.113. The molecule has 0 spiro atoms. The minimum Gasteiger partial charge on any atom is -0.362 e. The largest absolute Gasteiger partial charge is 0.362 e.